The van der Waals surface area contributed by atoms with E-state index < -0.39 is 0 Å². The highest BCUT2D eigenvalue weighted by Gasteiger charge is 2.31. The molecule has 1 heterocycles. The van der Waals surface area contributed by atoms with Crippen molar-refractivity contribution < 1.29 is 4.79 Å². The molecule has 0 spiro atoms. The summed E-state index contributed by atoms with van der Waals surface area (Å²) in [6.45, 7) is 0.485. The molecule has 0 aliphatic heterocycles. The van der Waals surface area contributed by atoms with Gasteiger partial charge in [0.1, 0.15) is 12.7 Å². The van der Waals surface area contributed by atoms with Crippen molar-refractivity contribution in [2.24, 2.45) is 11.7 Å². The maximum Gasteiger partial charge on any atom is 0.251 e. The Labute approximate surface area is 117 Å². The van der Waals surface area contributed by atoms with Gasteiger partial charge in [0.05, 0.1) is 5.69 Å². The van der Waals surface area contributed by atoms with E-state index in [2.05, 4.69) is 15.4 Å². The molecule has 0 radical (unpaired) electrons. The third kappa shape index (κ3) is 2.70. The van der Waals surface area contributed by atoms with Crippen molar-refractivity contribution in [3.05, 3.63) is 42.5 Å². The molecule has 1 aromatic carbocycles. The standard InChI is InChI=1S/C14H17N5O/c15-7-13(10-4-5-10)18-14(20)11-2-1-3-12(6-11)19-9-16-8-17-19/h1-3,6,8-10,13H,4-5,7,15H2,(H,18,20). The molecule has 1 aliphatic rings. The van der Waals surface area contributed by atoms with Crippen LogP contribution in [0.25, 0.3) is 5.69 Å². The lowest BCUT2D eigenvalue weighted by atomic mass is 10.1. The molecule has 1 aromatic heterocycles. The highest BCUT2D eigenvalue weighted by molar-refractivity contribution is 5.95. The van der Waals surface area contributed by atoms with Crippen LogP contribution in [0.1, 0.15) is 23.2 Å². The number of nitrogens with two attached hydrogens (primary N) is 1. The van der Waals surface area contributed by atoms with E-state index in [1.807, 2.05) is 12.1 Å². The van der Waals surface area contributed by atoms with Crippen molar-refractivity contribution in [3.63, 3.8) is 0 Å². The number of benzene rings is 1. The number of carbonyl (C=O) groups is 1. The van der Waals surface area contributed by atoms with Gasteiger partial charge in [-0.1, -0.05) is 6.07 Å². The number of nitrogens with one attached hydrogen (secondary N) is 1. The van der Waals surface area contributed by atoms with Crippen LogP contribution in [0.15, 0.2) is 36.9 Å². The average molecular weight is 271 g/mol. The number of nitrogens with zero attached hydrogens (tertiary/aromatic N) is 3. The van der Waals surface area contributed by atoms with Crippen molar-refractivity contribution in [1.29, 1.82) is 0 Å². The molecule has 1 atom stereocenters. The molecule has 3 rings (SSSR count). The lowest BCUT2D eigenvalue weighted by Gasteiger charge is -2.16. The number of rotatable bonds is 5. The molecular formula is C14H17N5O. The smallest absolute Gasteiger partial charge is 0.251 e. The summed E-state index contributed by atoms with van der Waals surface area (Å²) in [7, 11) is 0. The van der Waals surface area contributed by atoms with Gasteiger partial charge < -0.3 is 11.1 Å². The molecule has 3 N–H and O–H groups in total. The summed E-state index contributed by atoms with van der Waals surface area (Å²) in [6.07, 6.45) is 5.37. The zero-order chi connectivity index (χ0) is 13.9. The Morgan fingerprint density at radius 2 is 2.35 bits per heavy atom. The third-order valence-corrected chi connectivity index (χ3v) is 3.55. The predicted molar refractivity (Wildman–Crippen MR) is 74.4 cm³/mol. The van der Waals surface area contributed by atoms with Crippen LogP contribution in [0.5, 0.6) is 0 Å². The number of amides is 1. The lowest BCUT2D eigenvalue weighted by Crippen LogP contribution is -2.41. The number of carbonyl (C=O) groups excluding carboxylic acids is 1. The zero-order valence-corrected chi connectivity index (χ0v) is 11.1. The van der Waals surface area contributed by atoms with Crippen LogP contribution >= 0.6 is 0 Å². The minimum atomic E-state index is -0.0886. The Hall–Kier alpha value is -2.21. The Bertz CT molecular complexity index is 591. The molecular weight excluding hydrogens is 254 g/mol. The first kappa shape index (κ1) is 12.8. The maximum absolute atomic E-state index is 12.3. The van der Waals surface area contributed by atoms with Gasteiger partial charge in [-0.25, -0.2) is 9.67 Å². The van der Waals surface area contributed by atoms with Gasteiger partial charge >= 0.3 is 0 Å². The Kier molecular flexibility index (Phi) is 3.47. The first-order chi connectivity index (χ1) is 9.78. The summed E-state index contributed by atoms with van der Waals surface area (Å²) in [5.41, 5.74) is 7.13. The number of aromatic nitrogens is 3. The van der Waals surface area contributed by atoms with Crippen LogP contribution in [0.3, 0.4) is 0 Å². The van der Waals surface area contributed by atoms with E-state index in [4.69, 9.17) is 5.73 Å². The summed E-state index contributed by atoms with van der Waals surface area (Å²) < 4.78 is 1.62. The van der Waals surface area contributed by atoms with E-state index >= 15 is 0 Å². The van der Waals surface area contributed by atoms with Gasteiger partial charge in [-0.15, -0.1) is 0 Å². The van der Waals surface area contributed by atoms with Gasteiger partial charge in [-0.3, -0.25) is 4.79 Å². The Morgan fingerprint density at radius 1 is 1.50 bits per heavy atom. The minimum Gasteiger partial charge on any atom is -0.348 e. The van der Waals surface area contributed by atoms with Gasteiger partial charge in [0, 0.05) is 18.2 Å². The number of hydrogen-bond acceptors (Lipinski definition) is 4. The van der Waals surface area contributed by atoms with Crippen molar-refractivity contribution >= 4 is 5.91 Å². The van der Waals surface area contributed by atoms with Gasteiger partial charge in [0.25, 0.3) is 5.91 Å². The second-order valence-corrected chi connectivity index (χ2v) is 5.04. The fourth-order valence-corrected chi connectivity index (χ4v) is 2.25. The topological polar surface area (TPSA) is 85.8 Å². The van der Waals surface area contributed by atoms with E-state index in [9.17, 15) is 4.79 Å². The predicted octanol–water partition coefficient (Wildman–Crippen LogP) is 0.734. The molecule has 1 aliphatic carbocycles. The molecule has 1 amide bonds. The summed E-state index contributed by atoms with van der Waals surface area (Å²) in [5, 5.41) is 7.06. The van der Waals surface area contributed by atoms with E-state index in [1.165, 1.54) is 6.33 Å². The normalized spacial score (nSPS) is 15.8. The molecule has 1 unspecified atom stereocenters. The molecule has 1 saturated carbocycles. The van der Waals surface area contributed by atoms with Crippen molar-refractivity contribution in [2.45, 2.75) is 18.9 Å². The molecule has 6 heteroatoms. The molecule has 0 saturated heterocycles. The first-order valence-electron chi connectivity index (χ1n) is 6.74. The lowest BCUT2D eigenvalue weighted by molar-refractivity contribution is 0.0933. The average Bonchev–Trinajstić information content (AvgIpc) is 3.18. The minimum absolute atomic E-state index is 0.0810. The zero-order valence-electron chi connectivity index (χ0n) is 11.1. The second-order valence-electron chi connectivity index (χ2n) is 5.04. The highest BCUT2D eigenvalue weighted by Crippen LogP contribution is 2.32. The van der Waals surface area contributed by atoms with Crippen molar-refractivity contribution in [1.82, 2.24) is 20.1 Å². The third-order valence-electron chi connectivity index (χ3n) is 3.55. The van der Waals surface area contributed by atoms with Gasteiger partial charge in [0.15, 0.2) is 0 Å². The first-order valence-corrected chi connectivity index (χ1v) is 6.74. The molecule has 6 nitrogen and oxygen atoms in total. The van der Waals surface area contributed by atoms with Crippen molar-refractivity contribution in [3.8, 4) is 5.69 Å². The van der Waals surface area contributed by atoms with Crippen LogP contribution in [0.4, 0.5) is 0 Å². The Morgan fingerprint density at radius 3 is 3.00 bits per heavy atom. The van der Waals surface area contributed by atoms with Crippen molar-refractivity contribution in [2.75, 3.05) is 6.54 Å². The summed E-state index contributed by atoms with van der Waals surface area (Å²) >= 11 is 0. The maximum atomic E-state index is 12.3. The van der Waals surface area contributed by atoms with E-state index in [1.54, 1.807) is 23.1 Å². The second kappa shape index (κ2) is 5.42. The summed E-state index contributed by atoms with van der Waals surface area (Å²) in [4.78, 5) is 16.2. The summed E-state index contributed by atoms with van der Waals surface area (Å²) in [6, 6.07) is 7.38. The van der Waals surface area contributed by atoms with Crippen LogP contribution in [0.2, 0.25) is 0 Å². The van der Waals surface area contributed by atoms with E-state index in [-0.39, 0.29) is 11.9 Å². The largest absolute Gasteiger partial charge is 0.348 e. The van der Waals surface area contributed by atoms with Gasteiger partial charge in [0.2, 0.25) is 0 Å². The fourth-order valence-electron chi connectivity index (χ4n) is 2.25. The fraction of sp³-hybridized carbons (Fsp3) is 0.357. The SMILES string of the molecule is NCC(NC(=O)c1cccc(-n2cncn2)c1)C1CC1. The molecule has 1 fully saturated rings. The van der Waals surface area contributed by atoms with Gasteiger partial charge in [-0.05, 0) is 37.0 Å². The Balaban J connectivity index is 1.76. The molecule has 104 valence electrons. The molecule has 0 bridgehead atoms. The number of hydrogen-bond donors (Lipinski definition) is 2. The van der Waals surface area contributed by atoms with Crippen LogP contribution < -0.4 is 11.1 Å². The van der Waals surface area contributed by atoms with E-state index in [0.717, 1.165) is 18.5 Å². The monoisotopic (exact) mass is 271 g/mol. The highest BCUT2D eigenvalue weighted by atomic mass is 16.1. The van der Waals surface area contributed by atoms with E-state index in [0.29, 0.717) is 18.0 Å². The quantitative estimate of drug-likeness (QED) is 0.839. The van der Waals surface area contributed by atoms with Crippen LogP contribution in [-0.4, -0.2) is 33.3 Å². The van der Waals surface area contributed by atoms with Crippen LogP contribution in [0, 0.1) is 5.92 Å². The summed E-state index contributed by atoms with van der Waals surface area (Å²) in [5.74, 6) is 0.455. The molecule has 2 aromatic rings. The van der Waals surface area contributed by atoms with Crippen LogP contribution in [-0.2, 0) is 0 Å². The molecule has 20 heavy (non-hydrogen) atoms. The van der Waals surface area contributed by atoms with Gasteiger partial charge in [-0.2, -0.15) is 5.10 Å².